The van der Waals surface area contributed by atoms with Crippen LogP contribution in [0.5, 0.6) is 5.75 Å². The van der Waals surface area contributed by atoms with Crippen LogP contribution in [0.15, 0.2) is 35.9 Å². The molecule has 1 heteroatoms. The largest absolute Gasteiger partial charge is 0.488 e. The third-order valence-corrected chi connectivity index (χ3v) is 2.56. The number of para-hydroxylation sites is 1. The Kier molecular flexibility index (Phi) is 5.55. The van der Waals surface area contributed by atoms with Gasteiger partial charge in [-0.25, -0.2) is 0 Å². The van der Waals surface area contributed by atoms with Crippen LogP contribution in [0.1, 0.15) is 38.3 Å². The molecular weight excluding hydrogens is 208 g/mol. The highest BCUT2D eigenvalue weighted by atomic mass is 16.5. The molecule has 1 aromatic carbocycles. The molecule has 0 bridgehead atoms. The Morgan fingerprint density at radius 1 is 1.29 bits per heavy atom. The van der Waals surface area contributed by atoms with Gasteiger partial charge in [0.1, 0.15) is 12.4 Å². The minimum Gasteiger partial charge on any atom is -0.488 e. The van der Waals surface area contributed by atoms with Crippen molar-refractivity contribution in [1.29, 1.82) is 0 Å². The first-order valence-corrected chi connectivity index (χ1v) is 6.19. The van der Waals surface area contributed by atoms with Crippen molar-refractivity contribution in [1.82, 2.24) is 0 Å². The Hall–Kier alpha value is -1.50. The van der Waals surface area contributed by atoms with Crippen molar-refractivity contribution in [2.75, 3.05) is 6.61 Å². The molecule has 0 spiro atoms. The van der Waals surface area contributed by atoms with E-state index in [1.807, 2.05) is 6.92 Å². The van der Waals surface area contributed by atoms with Gasteiger partial charge in [0.05, 0.1) is 0 Å². The fourth-order valence-electron chi connectivity index (χ4n) is 1.71. The van der Waals surface area contributed by atoms with Gasteiger partial charge in [-0.3, -0.25) is 0 Å². The first-order valence-electron chi connectivity index (χ1n) is 6.19. The number of allylic oxidation sites excluding steroid dienone is 2. The van der Waals surface area contributed by atoms with Crippen molar-refractivity contribution >= 4 is 6.08 Å². The minimum atomic E-state index is 0.734. The van der Waals surface area contributed by atoms with Crippen LogP contribution in [0.25, 0.3) is 6.08 Å². The topological polar surface area (TPSA) is 9.23 Å². The zero-order chi connectivity index (χ0) is 12.7. The molecule has 0 aliphatic carbocycles. The minimum absolute atomic E-state index is 0.734. The van der Waals surface area contributed by atoms with Crippen LogP contribution in [0, 0.1) is 6.92 Å². The fourth-order valence-corrected chi connectivity index (χ4v) is 1.71. The third kappa shape index (κ3) is 4.10. The number of ether oxygens (including phenoxy) is 1. The Balaban J connectivity index is 0.000000249. The number of hydrogen-bond donors (Lipinski definition) is 0. The average Bonchev–Trinajstić information content (AvgIpc) is 2.31. The molecule has 1 aromatic rings. The van der Waals surface area contributed by atoms with E-state index in [1.54, 1.807) is 0 Å². The summed E-state index contributed by atoms with van der Waals surface area (Å²) in [6.07, 6.45) is 7.53. The van der Waals surface area contributed by atoms with E-state index in [4.69, 9.17) is 4.74 Å². The third-order valence-electron chi connectivity index (χ3n) is 2.56. The molecular formula is C16H22O. The lowest BCUT2D eigenvalue weighted by molar-refractivity contribution is 0.345. The molecule has 0 saturated heterocycles. The lowest BCUT2D eigenvalue weighted by Crippen LogP contribution is -2.05. The summed E-state index contributed by atoms with van der Waals surface area (Å²) in [5, 5.41) is 0. The van der Waals surface area contributed by atoms with Gasteiger partial charge in [-0.2, -0.15) is 0 Å². The van der Waals surface area contributed by atoms with Gasteiger partial charge in [-0.05, 0) is 44.4 Å². The van der Waals surface area contributed by atoms with Crippen LogP contribution in [-0.2, 0) is 0 Å². The molecule has 0 amide bonds. The second-order valence-electron chi connectivity index (χ2n) is 4.25. The van der Waals surface area contributed by atoms with Gasteiger partial charge in [-0.1, -0.05) is 37.3 Å². The van der Waals surface area contributed by atoms with Crippen molar-refractivity contribution in [3.8, 4) is 5.75 Å². The van der Waals surface area contributed by atoms with Crippen molar-refractivity contribution in [2.45, 2.75) is 34.1 Å². The van der Waals surface area contributed by atoms with Crippen LogP contribution in [0.2, 0.25) is 0 Å². The molecule has 1 aliphatic heterocycles. The van der Waals surface area contributed by atoms with Crippen LogP contribution in [-0.4, -0.2) is 6.61 Å². The molecule has 17 heavy (non-hydrogen) atoms. The van der Waals surface area contributed by atoms with E-state index >= 15 is 0 Å². The van der Waals surface area contributed by atoms with Crippen LogP contribution in [0.3, 0.4) is 0 Å². The highest BCUT2D eigenvalue weighted by Gasteiger charge is 2.09. The summed E-state index contributed by atoms with van der Waals surface area (Å²) in [4.78, 5) is 0. The molecule has 0 unspecified atom stereocenters. The Bertz CT molecular complexity index is 414. The van der Waals surface area contributed by atoms with Gasteiger partial charge >= 0.3 is 0 Å². The summed E-state index contributed by atoms with van der Waals surface area (Å²) >= 11 is 0. The van der Waals surface area contributed by atoms with Crippen LogP contribution >= 0.6 is 0 Å². The maximum atomic E-state index is 5.60. The predicted octanol–water partition coefficient (Wildman–Crippen LogP) is 4.76. The van der Waals surface area contributed by atoms with E-state index in [0.29, 0.717) is 0 Å². The molecule has 1 heterocycles. The predicted molar refractivity (Wildman–Crippen MR) is 75.4 cm³/mol. The first-order chi connectivity index (χ1) is 8.19. The second-order valence-corrected chi connectivity index (χ2v) is 4.25. The molecule has 0 N–H and O–H groups in total. The Labute approximate surface area is 105 Å². The summed E-state index contributed by atoms with van der Waals surface area (Å²) in [5.74, 6) is 1.04. The van der Waals surface area contributed by atoms with Crippen molar-refractivity contribution in [2.24, 2.45) is 0 Å². The lowest BCUT2D eigenvalue weighted by Gasteiger charge is -2.17. The summed E-state index contributed by atoms with van der Waals surface area (Å²) in [6, 6.07) is 6.23. The van der Waals surface area contributed by atoms with E-state index in [2.05, 4.69) is 57.2 Å². The number of fused-ring (bicyclic) bond motifs is 1. The number of aryl methyl sites for hydroxylation is 1. The standard InChI is InChI=1S/C11H12O.C5H10/c1-8-6-10-5-3-4-9(2)11(10)12-7-8;1-3-5-4-2/h3-6H,7H2,1-2H3;3,5H,4H2,1-2H3/b;5-3-. The molecule has 0 fully saturated rings. The molecule has 1 nitrogen and oxygen atoms in total. The molecule has 92 valence electrons. The zero-order valence-corrected chi connectivity index (χ0v) is 11.3. The van der Waals surface area contributed by atoms with Crippen LogP contribution < -0.4 is 4.74 Å². The summed E-state index contributed by atoms with van der Waals surface area (Å²) < 4.78 is 5.60. The summed E-state index contributed by atoms with van der Waals surface area (Å²) in [6.45, 7) is 9.06. The van der Waals surface area contributed by atoms with Crippen molar-refractivity contribution in [3.63, 3.8) is 0 Å². The monoisotopic (exact) mass is 230 g/mol. The SMILES string of the molecule is C/C=C\CC.CC1=Cc2cccc(C)c2OC1. The van der Waals surface area contributed by atoms with E-state index in [1.165, 1.54) is 16.7 Å². The van der Waals surface area contributed by atoms with Gasteiger partial charge in [0, 0.05) is 5.56 Å². The maximum Gasteiger partial charge on any atom is 0.129 e. The van der Waals surface area contributed by atoms with Gasteiger partial charge in [0.2, 0.25) is 0 Å². The zero-order valence-electron chi connectivity index (χ0n) is 11.3. The van der Waals surface area contributed by atoms with Gasteiger partial charge < -0.3 is 4.74 Å². The first kappa shape index (κ1) is 13.6. The summed E-state index contributed by atoms with van der Waals surface area (Å²) in [7, 11) is 0. The lowest BCUT2D eigenvalue weighted by atomic mass is 10.1. The molecule has 2 rings (SSSR count). The fraction of sp³-hybridized carbons (Fsp3) is 0.375. The average molecular weight is 230 g/mol. The molecule has 0 radical (unpaired) electrons. The van der Waals surface area contributed by atoms with Crippen LogP contribution in [0.4, 0.5) is 0 Å². The van der Waals surface area contributed by atoms with E-state index < -0.39 is 0 Å². The van der Waals surface area contributed by atoms with E-state index in [9.17, 15) is 0 Å². The maximum absolute atomic E-state index is 5.60. The number of rotatable bonds is 1. The van der Waals surface area contributed by atoms with E-state index in [-0.39, 0.29) is 0 Å². The van der Waals surface area contributed by atoms with Gasteiger partial charge in [0.15, 0.2) is 0 Å². The Morgan fingerprint density at radius 2 is 2.06 bits per heavy atom. The molecule has 1 aliphatic rings. The van der Waals surface area contributed by atoms with Crippen molar-refractivity contribution < 1.29 is 4.74 Å². The highest BCUT2D eigenvalue weighted by molar-refractivity contribution is 5.63. The highest BCUT2D eigenvalue weighted by Crippen LogP contribution is 2.29. The molecule has 0 atom stereocenters. The van der Waals surface area contributed by atoms with E-state index in [0.717, 1.165) is 18.8 Å². The second kappa shape index (κ2) is 6.95. The smallest absolute Gasteiger partial charge is 0.129 e. The quantitative estimate of drug-likeness (QED) is 0.632. The van der Waals surface area contributed by atoms with Gasteiger partial charge in [-0.15, -0.1) is 0 Å². The molecule has 0 aromatic heterocycles. The normalized spacial score (nSPS) is 13.3. The van der Waals surface area contributed by atoms with Gasteiger partial charge in [0.25, 0.3) is 0 Å². The Morgan fingerprint density at radius 3 is 2.65 bits per heavy atom. The summed E-state index contributed by atoms with van der Waals surface area (Å²) in [5.41, 5.74) is 3.71. The molecule has 0 saturated carbocycles. The number of hydrogen-bond acceptors (Lipinski definition) is 1. The van der Waals surface area contributed by atoms with Crippen molar-refractivity contribution in [3.05, 3.63) is 47.1 Å². The number of benzene rings is 1.